The minimum absolute atomic E-state index is 0.000454. The van der Waals surface area contributed by atoms with E-state index in [0.717, 1.165) is 37.2 Å². The first-order valence-electron chi connectivity index (χ1n) is 8.32. The monoisotopic (exact) mass is 365 g/mol. The fraction of sp³-hybridized carbons (Fsp3) is 0.471. The number of hydrogen-bond acceptors (Lipinski definition) is 6. The number of likely N-dealkylation sites (tertiary alicyclic amines) is 1. The molecule has 0 saturated carbocycles. The summed E-state index contributed by atoms with van der Waals surface area (Å²) >= 11 is 0. The molecule has 1 N–H and O–H groups in total. The molecule has 0 aliphatic carbocycles. The normalized spacial score (nSPS) is 16.8. The van der Waals surface area contributed by atoms with E-state index in [-0.39, 0.29) is 11.8 Å². The van der Waals surface area contributed by atoms with E-state index in [4.69, 9.17) is 9.26 Å². The molecule has 1 saturated heterocycles. The largest absolute Gasteiger partial charge is 0.497 e. The summed E-state index contributed by atoms with van der Waals surface area (Å²) in [5.74, 6) is 0.606. The molecule has 1 aromatic heterocycles. The fourth-order valence-electron chi connectivity index (χ4n) is 3.10. The van der Waals surface area contributed by atoms with Gasteiger partial charge in [-0.05, 0) is 43.6 Å². The van der Waals surface area contributed by atoms with Crippen molar-refractivity contribution in [2.75, 3.05) is 26.7 Å². The quantitative estimate of drug-likeness (QED) is 0.770. The minimum Gasteiger partial charge on any atom is -0.497 e. The van der Waals surface area contributed by atoms with Gasteiger partial charge in [-0.1, -0.05) is 17.3 Å². The molecule has 0 amide bonds. The summed E-state index contributed by atoms with van der Waals surface area (Å²) in [6.45, 7) is 2.27. The molecule has 2 heterocycles. The number of hydrogen-bond donors (Lipinski definition) is 1. The van der Waals surface area contributed by atoms with Crippen molar-refractivity contribution in [2.45, 2.75) is 24.6 Å². The zero-order valence-corrected chi connectivity index (χ0v) is 15.0. The Bertz CT molecular complexity index is 754. The van der Waals surface area contributed by atoms with Crippen molar-refractivity contribution >= 4 is 10.0 Å². The van der Waals surface area contributed by atoms with Gasteiger partial charge in [-0.25, -0.2) is 13.1 Å². The van der Waals surface area contributed by atoms with Gasteiger partial charge in [0.2, 0.25) is 10.0 Å². The predicted octanol–water partition coefficient (Wildman–Crippen LogP) is 1.94. The maximum atomic E-state index is 12.3. The number of aromatic nitrogens is 1. The van der Waals surface area contributed by atoms with E-state index < -0.39 is 10.0 Å². The van der Waals surface area contributed by atoms with Crippen LogP contribution in [0.2, 0.25) is 0 Å². The summed E-state index contributed by atoms with van der Waals surface area (Å²) in [4.78, 5) is 2.32. The van der Waals surface area contributed by atoms with Crippen LogP contribution in [0.3, 0.4) is 0 Å². The Morgan fingerprint density at radius 2 is 1.96 bits per heavy atom. The van der Waals surface area contributed by atoms with E-state index in [1.54, 1.807) is 13.2 Å². The molecular formula is C17H23N3O4S. The van der Waals surface area contributed by atoms with Gasteiger partial charge in [-0.15, -0.1) is 0 Å². The Morgan fingerprint density at radius 1 is 1.24 bits per heavy atom. The second-order valence-electron chi connectivity index (χ2n) is 6.13. The summed E-state index contributed by atoms with van der Waals surface area (Å²) < 4.78 is 37.3. The molecule has 0 unspecified atom stereocenters. The number of sulfonamides is 1. The van der Waals surface area contributed by atoms with Crippen molar-refractivity contribution in [3.05, 3.63) is 47.9 Å². The van der Waals surface area contributed by atoms with E-state index in [1.165, 1.54) is 6.26 Å². The third kappa shape index (κ3) is 4.81. The Hall–Kier alpha value is -1.90. The molecule has 25 heavy (non-hydrogen) atoms. The molecule has 8 heteroatoms. The van der Waals surface area contributed by atoms with Gasteiger partial charge in [0.1, 0.15) is 17.8 Å². The van der Waals surface area contributed by atoms with Crippen LogP contribution in [0.5, 0.6) is 5.75 Å². The molecule has 7 nitrogen and oxygen atoms in total. The van der Waals surface area contributed by atoms with E-state index in [0.29, 0.717) is 12.2 Å². The third-order valence-electron chi connectivity index (χ3n) is 4.41. The summed E-state index contributed by atoms with van der Waals surface area (Å²) in [5, 5.41) is 3.66. The first-order valence-corrected chi connectivity index (χ1v) is 9.97. The van der Waals surface area contributed by atoms with Crippen LogP contribution in [0.4, 0.5) is 0 Å². The Morgan fingerprint density at radius 3 is 2.56 bits per heavy atom. The molecule has 1 fully saturated rings. The maximum absolute atomic E-state index is 12.3. The van der Waals surface area contributed by atoms with Gasteiger partial charge in [0.15, 0.2) is 0 Å². The second kappa shape index (κ2) is 7.99. The average molecular weight is 365 g/mol. The molecule has 1 aromatic carbocycles. The molecule has 0 bridgehead atoms. The SMILES string of the molecule is COc1ccc([C@@H](CNS(=O)(=O)Cc2ccon2)N2CCCC2)cc1. The van der Waals surface area contributed by atoms with E-state index >= 15 is 0 Å². The van der Waals surface area contributed by atoms with Crippen LogP contribution in [-0.2, 0) is 15.8 Å². The Labute approximate surface area is 148 Å². The van der Waals surface area contributed by atoms with Gasteiger partial charge < -0.3 is 9.26 Å². The van der Waals surface area contributed by atoms with E-state index in [1.807, 2.05) is 24.3 Å². The Kier molecular flexibility index (Phi) is 5.72. The van der Waals surface area contributed by atoms with Crippen molar-refractivity contribution in [2.24, 2.45) is 0 Å². The smallest absolute Gasteiger partial charge is 0.217 e. The summed E-state index contributed by atoms with van der Waals surface area (Å²) in [7, 11) is -1.84. The highest BCUT2D eigenvalue weighted by Gasteiger charge is 2.25. The van der Waals surface area contributed by atoms with Crippen LogP contribution < -0.4 is 9.46 Å². The first kappa shape index (κ1) is 17.9. The predicted molar refractivity (Wildman–Crippen MR) is 93.7 cm³/mol. The van der Waals surface area contributed by atoms with E-state index in [9.17, 15) is 8.42 Å². The van der Waals surface area contributed by atoms with Gasteiger partial charge in [-0.2, -0.15) is 0 Å². The van der Waals surface area contributed by atoms with Gasteiger partial charge in [-0.3, -0.25) is 4.90 Å². The van der Waals surface area contributed by atoms with Crippen LogP contribution in [0.15, 0.2) is 41.1 Å². The van der Waals surface area contributed by atoms with E-state index in [2.05, 4.69) is 14.8 Å². The lowest BCUT2D eigenvalue weighted by Crippen LogP contribution is -2.37. The lowest BCUT2D eigenvalue weighted by Gasteiger charge is -2.28. The van der Waals surface area contributed by atoms with Gasteiger partial charge in [0.05, 0.1) is 12.8 Å². The highest BCUT2D eigenvalue weighted by molar-refractivity contribution is 7.88. The molecule has 0 spiro atoms. The van der Waals surface area contributed by atoms with Crippen LogP contribution in [-0.4, -0.2) is 45.2 Å². The molecule has 1 aliphatic rings. The Balaban J connectivity index is 1.71. The first-order chi connectivity index (χ1) is 12.1. The molecule has 3 rings (SSSR count). The number of methoxy groups -OCH3 is 1. The van der Waals surface area contributed by atoms with Gasteiger partial charge in [0.25, 0.3) is 0 Å². The summed E-state index contributed by atoms with van der Waals surface area (Å²) in [6.07, 6.45) is 3.64. The lowest BCUT2D eigenvalue weighted by atomic mass is 10.1. The highest BCUT2D eigenvalue weighted by atomic mass is 32.2. The second-order valence-corrected chi connectivity index (χ2v) is 7.94. The van der Waals surface area contributed by atoms with Gasteiger partial charge >= 0.3 is 0 Å². The molecular weight excluding hydrogens is 342 g/mol. The summed E-state index contributed by atoms with van der Waals surface area (Å²) in [5.41, 5.74) is 1.47. The number of rotatable bonds is 8. The van der Waals surface area contributed by atoms with Crippen molar-refractivity contribution in [1.82, 2.24) is 14.8 Å². The average Bonchev–Trinajstić information content (AvgIpc) is 3.29. The maximum Gasteiger partial charge on any atom is 0.217 e. The topological polar surface area (TPSA) is 84.7 Å². The number of nitrogens with one attached hydrogen (secondary N) is 1. The van der Waals surface area contributed by atoms with Crippen molar-refractivity contribution < 1.29 is 17.7 Å². The van der Waals surface area contributed by atoms with Crippen molar-refractivity contribution in [1.29, 1.82) is 0 Å². The van der Waals surface area contributed by atoms with Crippen LogP contribution in [0.1, 0.15) is 30.1 Å². The van der Waals surface area contributed by atoms with Crippen LogP contribution >= 0.6 is 0 Å². The zero-order valence-electron chi connectivity index (χ0n) is 14.2. The number of nitrogens with zero attached hydrogens (tertiary/aromatic N) is 2. The minimum atomic E-state index is -3.47. The van der Waals surface area contributed by atoms with Crippen molar-refractivity contribution in [3.8, 4) is 5.75 Å². The summed E-state index contributed by atoms with van der Waals surface area (Å²) in [6, 6.07) is 9.35. The van der Waals surface area contributed by atoms with Crippen LogP contribution in [0, 0.1) is 0 Å². The van der Waals surface area contributed by atoms with Gasteiger partial charge in [0, 0.05) is 18.7 Å². The molecule has 0 radical (unpaired) electrons. The molecule has 136 valence electrons. The number of benzene rings is 1. The molecule has 1 aliphatic heterocycles. The highest BCUT2D eigenvalue weighted by Crippen LogP contribution is 2.26. The van der Waals surface area contributed by atoms with Crippen molar-refractivity contribution in [3.63, 3.8) is 0 Å². The molecule has 1 atom stereocenters. The zero-order chi connectivity index (χ0) is 17.7. The molecule has 2 aromatic rings. The fourth-order valence-corrected chi connectivity index (χ4v) is 4.15. The number of ether oxygens (including phenoxy) is 1. The lowest BCUT2D eigenvalue weighted by molar-refractivity contribution is 0.246. The third-order valence-corrected chi connectivity index (χ3v) is 5.69. The standard InChI is InChI=1S/C17H23N3O4S/c1-23-16-6-4-14(5-7-16)17(20-9-2-3-10-20)12-18-25(21,22)13-15-8-11-24-19-15/h4-8,11,17-18H,2-3,9-10,12-13H2,1H3/t17-/m1/s1. The van der Waals surface area contributed by atoms with Crippen LogP contribution in [0.25, 0.3) is 0 Å².